The summed E-state index contributed by atoms with van der Waals surface area (Å²) in [7, 11) is 0. The van der Waals surface area contributed by atoms with Gasteiger partial charge in [0.1, 0.15) is 5.56 Å². The summed E-state index contributed by atoms with van der Waals surface area (Å²) in [6.07, 6.45) is 0. The zero-order valence-corrected chi connectivity index (χ0v) is 10.9. The SMILES string of the molecule is CCn1nc(-c2ccccc2Cl)cc(C(=O)O)c1=O. The molecule has 0 aliphatic rings. The van der Waals surface area contributed by atoms with Gasteiger partial charge in [0.2, 0.25) is 0 Å². The number of aromatic nitrogens is 2. The molecule has 0 radical (unpaired) electrons. The van der Waals surface area contributed by atoms with E-state index in [0.717, 1.165) is 4.68 Å². The highest BCUT2D eigenvalue weighted by molar-refractivity contribution is 6.33. The molecule has 0 aliphatic heterocycles. The molecule has 2 aromatic rings. The maximum Gasteiger partial charge on any atom is 0.341 e. The van der Waals surface area contributed by atoms with Gasteiger partial charge in [0.05, 0.1) is 10.7 Å². The van der Waals surface area contributed by atoms with Crippen LogP contribution < -0.4 is 5.56 Å². The van der Waals surface area contributed by atoms with E-state index in [1.165, 1.54) is 6.07 Å². The second-order valence-corrected chi connectivity index (χ2v) is 4.26. The predicted octanol–water partition coefficient (Wildman–Crippen LogP) is 2.28. The quantitative estimate of drug-likeness (QED) is 0.935. The number of nitrogens with zero attached hydrogens (tertiary/aromatic N) is 2. The molecule has 0 atom stereocenters. The van der Waals surface area contributed by atoms with Crippen LogP contribution >= 0.6 is 11.6 Å². The number of carbonyl (C=O) groups is 1. The van der Waals surface area contributed by atoms with E-state index in [4.69, 9.17) is 16.7 Å². The first-order valence-electron chi connectivity index (χ1n) is 5.65. The first-order chi connectivity index (χ1) is 9.04. The number of hydrogen-bond acceptors (Lipinski definition) is 3. The van der Waals surface area contributed by atoms with Crippen LogP contribution in [0.25, 0.3) is 11.3 Å². The van der Waals surface area contributed by atoms with Gasteiger partial charge in [0.25, 0.3) is 5.56 Å². The lowest BCUT2D eigenvalue weighted by atomic mass is 10.1. The third-order valence-corrected chi connectivity index (χ3v) is 2.98. The summed E-state index contributed by atoms with van der Waals surface area (Å²) >= 11 is 6.05. The van der Waals surface area contributed by atoms with Crippen LogP contribution in [0.2, 0.25) is 5.02 Å². The Morgan fingerprint density at radius 3 is 2.68 bits per heavy atom. The summed E-state index contributed by atoms with van der Waals surface area (Å²) in [6.45, 7) is 2.01. The minimum atomic E-state index is -1.28. The predicted molar refractivity (Wildman–Crippen MR) is 71.6 cm³/mol. The van der Waals surface area contributed by atoms with E-state index in [-0.39, 0.29) is 12.1 Å². The minimum absolute atomic E-state index is 0.289. The van der Waals surface area contributed by atoms with Gasteiger partial charge >= 0.3 is 5.97 Å². The molecule has 0 aliphatic carbocycles. The van der Waals surface area contributed by atoms with Gasteiger partial charge < -0.3 is 5.11 Å². The van der Waals surface area contributed by atoms with Gasteiger partial charge in [0.15, 0.2) is 0 Å². The Labute approximate surface area is 114 Å². The molecule has 0 fully saturated rings. The lowest BCUT2D eigenvalue weighted by Crippen LogP contribution is -2.28. The Kier molecular flexibility index (Phi) is 3.66. The largest absolute Gasteiger partial charge is 0.477 e. The summed E-state index contributed by atoms with van der Waals surface area (Å²) in [4.78, 5) is 22.9. The molecule has 0 saturated heterocycles. The molecule has 0 bridgehead atoms. The van der Waals surface area contributed by atoms with Gasteiger partial charge in [-0.25, -0.2) is 9.48 Å². The second kappa shape index (κ2) is 5.24. The van der Waals surface area contributed by atoms with E-state index < -0.39 is 11.5 Å². The molecule has 1 aromatic heterocycles. The van der Waals surface area contributed by atoms with Crippen LogP contribution in [0.3, 0.4) is 0 Å². The van der Waals surface area contributed by atoms with E-state index in [2.05, 4.69) is 5.10 Å². The minimum Gasteiger partial charge on any atom is -0.477 e. The highest BCUT2D eigenvalue weighted by atomic mass is 35.5. The molecule has 1 heterocycles. The summed E-state index contributed by atoms with van der Waals surface area (Å²) in [5.41, 5.74) is 0.0240. The Morgan fingerprint density at radius 1 is 1.42 bits per heavy atom. The van der Waals surface area contributed by atoms with E-state index >= 15 is 0 Å². The van der Waals surface area contributed by atoms with Crippen LogP contribution in [-0.4, -0.2) is 20.9 Å². The normalized spacial score (nSPS) is 10.4. The molecule has 5 nitrogen and oxygen atoms in total. The summed E-state index contributed by atoms with van der Waals surface area (Å²) in [5, 5.41) is 13.6. The van der Waals surface area contributed by atoms with Crippen LogP contribution in [0.1, 0.15) is 17.3 Å². The van der Waals surface area contributed by atoms with Crippen molar-refractivity contribution in [3.63, 3.8) is 0 Å². The molecular formula is C13H11ClN2O3. The second-order valence-electron chi connectivity index (χ2n) is 3.85. The van der Waals surface area contributed by atoms with Crippen molar-refractivity contribution in [2.75, 3.05) is 0 Å². The van der Waals surface area contributed by atoms with Crippen molar-refractivity contribution in [1.82, 2.24) is 9.78 Å². The average molecular weight is 279 g/mol. The topological polar surface area (TPSA) is 72.2 Å². The standard InChI is InChI=1S/C13H11ClN2O3/c1-2-16-12(17)9(13(18)19)7-11(15-16)8-5-3-4-6-10(8)14/h3-7H,2H2,1H3,(H,18,19). The smallest absolute Gasteiger partial charge is 0.341 e. The first kappa shape index (κ1) is 13.3. The van der Waals surface area contributed by atoms with Crippen LogP contribution in [0, 0.1) is 0 Å². The van der Waals surface area contributed by atoms with Crippen molar-refractivity contribution in [2.24, 2.45) is 0 Å². The fraction of sp³-hybridized carbons (Fsp3) is 0.154. The number of rotatable bonds is 3. The number of benzene rings is 1. The van der Waals surface area contributed by atoms with Gasteiger partial charge in [-0.05, 0) is 19.1 Å². The van der Waals surface area contributed by atoms with Crippen molar-refractivity contribution < 1.29 is 9.90 Å². The fourth-order valence-corrected chi connectivity index (χ4v) is 1.94. The molecule has 19 heavy (non-hydrogen) atoms. The average Bonchev–Trinajstić information content (AvgIpc) is 2.39. The summed E-state index contributed by atoms with van der Waals surface area (Å²) in [5.74, 6) is -1.28. The first-order valence-corrected chi connectivity index (χ1v) is 6.02. The van der Waals surface area contributed by atoms with E-state index in [9.17, 15) is 9.59 Å². The Hall–Kier alpha value is -2.14. The molecule has 6 heteroatoms. The number of aromatic carboxylic acids is 1. The van der Waals surface area contributed by atoms with Crippen molar-refractivity contribution in [3.05, 3.63) is 51.3 Å². The molecule has 1 aromatic carbocycles. The molecule has 0 saturated carbocycles. The van der Waals surface area contributed by atoms with Crippen molar-refractivity contribution in [1.29, 1.82) is 0 Å². The van der Waals surface area contributed by atoms with Crippen molar-refractivity contribution in [2.45, 2.75) is 13.5 Å². The Morgan fingerprint density at radius 2 is 2.11 bits per heavy atom. The van der Waals surface area contributed by atoms with Crippen LogP contribution in [0.5, 0.6) is 0 Å². The lowest BCUT2D eigenvalue weighted by molar-refractivity contribution is 0.0694. The number of halogens is 1. The van der Waals surface area contributed by atoms with Crippen molar-refractivity contribution >= 4 is 17.6 Å². The number of carboxylic acids is 1. The van der Waals surface area contributed by atoms with Crippen LogP contribution in [0.15, 0.2) is 35.1 Å². The Balaban J connectivity index is 2.72. The number of hydrogen-bond donors (Lipinski definition) is 1. The van der Waals surface area contributed by atoms with Gasteiger partial charge in [-0.1, -0.05) is 29.8 Å². The van der Waals surface area contributed by atoms with Crippen LogP contribution in [0.4, 0.5) is 0 Å². The fourth-order valence-electron chi connectivity index (χ4n) is 1.71. The third-order valence-electron chi connectivity index (χ3n) is 2.65. The molecule has 1 N–H and O–H groups in total. The third kappa shape index (κ3) is 2.51. The van der Waals surface area contributed by atoms with Crippen LogP contribution in [-0.2, 0) is 6.54 Å². The number of aryl methyl sites for hydroxylation is 1. The van der Waals surface area contributed by atoms with Gasteiger partial charge in [-0.3, -0.25) is 4.79 Å². The molecule has 2 rings (SSSR count). The molecule has 0 unspecified atom stereocenters. The highest BCUT2D eigenvalue weighted by Gasteiger charge is 2.15. The maximum atomic E-state index is 11.8. The molecule has 98 valence electrons. The van der Waals surface area contributed by atoms with Crippen molar-refractivity contribution in [3.8, 4) is 11.3 Å². The lowest BCUT2D eigenvalue weighted by Gasteiger charge is -2.08. The number of carboxylic acid groups (broad SMARTS) is 1. The molecular weight excluding hydrogens is 268 g/mol. The zero-order valence-electron chi connectivity index (χ0n) is 10.1. The van der Waals surface area contributed by atoms with E-state index in [0.29, 0.717) is 16.3 Å². The van der Waals surface area contributed by atoms with Gasteiger partial charge in [0, 0.05) is 12.1 Å². The van der Waals surface area contributed by atoms with Gasteiger partial charge in [-0.15, -0.1) is 0 Å². The molecule has 0 spiro atoms. The summed E-state index contributed by atoms with van der Waals surface area (Å²) in [6, 6.07) is 8.18. The highest BCUT2D eigenvalue weighted by Crippen LogP contribution is 2.25. The zero-order chi connectivity index (χ0) is 14.0. The monoisotopic (exact) mass is 278 g/mol. The van der Waals surface area contributed by atoms with E-state index in [1.807, 2.05) is 0 Å². The maximum absolute atomic E-state index is 11.8. The molecule has 0 amide bonds. The Bertz CT molecular complexity index is 695. The van der Waals surface area contributed by atoms with Gasteiger partial charge in [-0.2, -0.15) is 5.10 Å². The van der Waals surface area contributed by atoms with E-state index in [1.54, 1.807) is 31.2 Å². The summed E-state index contributed by atoms with van der Waals surface area (Å²) < 4.78 is 1.11.